The molecule has 8 heteroatoms. The Hall–Kier alpha value is -2.59. The van der Waals surface area contributed by atoms with Gasteiger partial charge in [-0.15, -0.1) is 6.58 Å². The minimum Gasteiger partial charge on any atom is -0.456 e. The van der Waals surface area contributed by atoms with Gasteiger partial charge in [0, 0.05) is 19.4 Å². The monoisotopic (exact) mass is 580 g/mol. The van der Waals surface area contributed by atoms with Gasteiger partial charge in [-0.25, -0.2) is 0 Å². The van der Waals surface area contributed by atoms with Crippen molar-refractivity contribution in [3.05, 3.63) is 84.4 Å². The lowest BCUT2D eigenvalue weighted by Crippen LogP contribution is -2.66. The van der Waals surface area contributed by atoms with Gasteiger partial charge in [0.25, 0.3) is 0 Å². The summed E-state index contributed by atoms with van der Waals surface area (Å²) in [7, 11) is 0. The van der Waals surface area contributed by atoms with E-state index in [2.05, 4.69) is 6.58 Å². The first-order chi connectivity index (χ1) is 20.3. The maximum atomic E-state index is 13.1. The van der Waals surface area contributed by atoms with E-state index in [0.717, 1.165) is 17.5 Å². The van der Waals surface area contributed by atoms with Crippen LogP contribution in [0.2, 0.25) is 0 Å². The lowest BCUT2D eigenvalue weighted by molar-refractivity contribution is -0.309. The smallest absolute Gasteiger partial charge is 0.309 e. The van der Waals surface area contributed by atoms with Crippen LogP contribution in [0.15, 0.2) is 73.3 Å². The molecule has 3 aliphatic rings. The average Bonchev–Trinajstić information content (AvgIpc) is 2.97. The average molecular weight is 581 g/mol. The number of hydrogen-bond donors (Lipinski definition) is 1. The van der Waals surface area contributed by atoms with Crippen molar-refractivity contribution in [2.24, 2.45) is 0 Å². The second-order valence-corrected chi connectivity index (χ2v) is 12.1. The van der Waals surface area contributed by atoms with Crippen molar-refractivity contribution in [3.8, 4) is 0 Å². The second-order valence-electron chi connectivity index (χ2n) is 12.1. The standard InChI is InChI=1S/C34H44O8/c1-4-30-33(2,42-32(36)19-27-26(35)16-11-17-38-27)23-34(3)31(40-30)18-28(39-21-25-14-9-6-10-15-25)29(41-34)22-37-20-24-12-7-5-8-13-24/h4-10,12-15,26-31,35H,1,11,16-23H2,2-3H3/t26-,27+,28-,29+,30-,31+,33+,34-/m0/s1. The van der Waals surface area contributed by atoms with E-state index in [1.807, 2.05) is 74.5 Å². The lowest BCUT2D eigenvalue weighted by atomic mass is 9.75. The van der Waals surface area contributed by atoms with Gasteiger partial charge in [-0.1, -0.05) is 66.7 Å². The molecule has 0 amide bonds. The number of rotatable bonds is 11. The highest BCUT2D eigenvalue weighted by Crippen LogP contribution is 2.46. The van der Waals surface area contributed by atoms with Gasteiger partial charge in [0.15, 0.2) is 0 Å². The van der Waals surface area contributed by atoms with E-state index in [-0.39, 0.29) is 24.7 Å². The van der Waals surface area contributed by atoms with Crippen molar-refractivity contribution in [2.45, 2.75) is 107 Å². The van der Waals surface area contributed by atoms with Crippen LogP contribution in [0.4, 0.5) is 0 Å². The lowest BCUT2D eigenvalue weighted by Gasteiger charge is -2.56. The molecule has 0 saturated carbocycles. The molecule has 1 N–H and O–H groups in total. The summed E-state index contributed by atoms with van der Waals surface area (Å²) in [4.78, 5) is 13.1. The number of benzene rings is 2. The fraction of sp³-hybridized carbons (Fsp3) is 0.559. The predicted octanol–water partition coefficient (Wildman–Crippen LogP) is 4.91. The summed E-state index contributed by atoms with van der Waals surface area (Å²) in [6.07, 6.45) is 1.36. The summed E-state index contributed by atoms with van der Waals surface area (Å²) in [5.41, 5.74) is 0.384. The molecule has 3 aliphatic heterocycles. The highest BCUT2D eigenvalue weighted by molar-refractivity contribution is 5.70. The molecule has 0 aliphatic carbocycles. The zero-order valence-electron chi connectivity index (χ0n) is 24.7. The third kappa shape index (κ3) is 7.48. The molecule has 5 rings (SSSR count). The summed E-state index contributed by atoms with van der Waals surface area (Å²) in [6, 6.07) is 20.1. The second kappa shape index (κ2) is 13.8. The molecular formula is C34H44O8. The van der Waals surface area contributed by atoms with Crippen LogP contribution in [0.25, 0.3) is 0 Å². The summed E-state index contributed by atoms with van der Waals surface area (Å²) < 4.78 is 37.6. The van der Waals surface area contributed by atoms with E-state index in [1.165, 1.54) is 0 Å². The highest BCUT2D eigenvalue weighted by Gasteiger charge is 2.58. The van der Waals surface area contributed by atoms with Gasteiger partial charge in [0.1, 0.15) is 17.8 Å². The van der Waals surface area contributed by atoms with Crippen LogP contribution in [0, 0.1) is 0 Å². The molecule has 2 aromatic rings. The Morgan fingerprint density at radius 3 is 2.40 bits per heavy atom. The van der Waals surface area contributed by atoms with Crippen molar-refractivity contribution in [1.29, 1.82) is 0 Å². The first kappa shape index (κ1) is 30.9. The number of esters is 1. The first-order valence-electron chi connectivity index (χ1n) is 15.0. The molecule has 0 radical (unpaired) electrons. The van der Waals surface area contributed by atoms with E-state index in [4.69, 9.17) is 28.4 Å². The number of fused-ring (bicyclic) bond motifs is 1. The van der Waals surface area contributed by atoms with E-state index in [1.54, 1.807) is 6.08 Å². The zero-order chi connectivity index (χ0) is 29.6. The molecule has 0 bridgehead atoms. The SMILES string of the molecule is C=C[C@@H]1O[C@@H]2C[C@H](OCc3ccccc3)[C@@H](COCc3ccccc3)O[C@@]2(C)C[C@@]1(C)OC(=O)C[C@H]1OCCC[C@@H]1O. The minimum atomic E-state index is -1.02. The highest BCUT2D eigenvalue weighted by atomic mass is 16.6. The third-order valence-electron chi connectivity index (χ3n) is 8.61. The van der Waals surface area contributed by atoms with Crippen LogP contribution in [-0.4, -0.2) is 72.1 Å². The largest absolute Gasteiger partial charge is 0.456 e. The molecule has 228 valence electrons. The fourth-order valence-electron chi connectivity index (χ4n) is 6.43. The molecule has 0 aromatic heterocycles. The van der Waals surface area contributed by atoms with Gasteiger partial charge in [-0.3, -0.25) is 4.79 Å². The molecule has 42 heavy (non-hydrogen) atoms. The van der Waals surface area contributed by atoms with Crippen LogP contribution in [0.1, 0.15) is 57.1 Å². The van der Waals surface area contributed by atoms with Crippen LogP contribution >= 0.6 is 0 Å². The van der Waals surface area contributed by atoms with Crippen molar-refractivity contribution in [1.82, 2.24) is 0 Å². The molecule has 0 unspecified atom stereocenters. The first-order valence-corrected chi connectivity index (χ1v) is 15.0. The number of carbonyl (C=O) groups is 1. The maximum absolute atomic E-state index is 13.1. The molecule has 8 atom stereocenters. The van der Waals surface area contributed by atoms with Crippen LogP contribution < -0.4 is 0 Å². The quantitative estimate of drug-likeness (QED) is 0.296. The van der Waals surface area contributed by atoms with E-state index >= 15 is 0 Å². The van der Waals surface area contributed by atoms with Crippen LogP contribution in [0.3, 0.4) is 0 Å². The Bertz CT molecular complexity index is 1160. The molecule has 2 aromatic carbocycles. The molecule has 3 saturated heterocycles. The summed E-state index contributed by atoms with van der Waals surface area (Å²) >= 11 is 0. The zero-order valence-corrected chi connectivity index (χ0v) is 24.7. The Labute approximate surface area is 248 Å². The molecule has 8 nitrogen and oxygen atoms in total. The Morgan fingerprint density at radius 1 is 1.05 bits per heavy atom. The van der Waals surface area contributed by atoms with Gasteiger partial charge in [0.05, 0.1) is 56.3 Å². The van der Waals surface area contributed by atoms with Crippen molar-refractivity contribution < 1.29 is 38.3 Å². The van der Waals surface area contributed by atoms with Crippen molar-refractivity contribution in [3.63, 3.8) is 0 Å². The molecule has 3 heterocycles. The topological polar surface area (TPSA) is 92.7 Å². The summed E-state index contributed by atoms with van der Waals surface area (Å²) in [5, 5.41) is 10.3. The number of hydrogen-bond acceptors (Lipinski definition) is 8. The molecular weight excluding hydrogens is 536 g/mol. The maximum Gasteiger partial charge on any atom is 0.309 e. The van der Waals surface area contributed by atoms with Gasteiger partial charge < -0.3 is 33.5 Å². The van der Waals surface area contributed by atoms with Crippen LogP contribution in [0.5, 0.6) is 0 Å². The van der Waals surface area contributed by atoms with E-state index < -0.39 is 35.5 Å². The van der Waals surface area contributed by atoms with Crippen molar-refractivity contribution >= 4 is 5.97 Å². The van der Waals surface area contributed by atoms with E-state index in [0.29, 0.717) is 45.7 Å². The van der Waals surface area contributed by atoms with Crippen molar-refractivity contribution in [2.75, 3.05) is 13.2 Å². The van der Waals surface area contributed by atoms with Gasteiger partial charge in [0.2, 0.25) is 0 Å². The predicted molar refractivity (Wildman–Crippen MR) is 157 cm³/mol. The molecule has 0 spiro atoms. The van der Waals surface area contributed by atoms with Gasteiger partial charge in [-0.05, 0) is 37.8 Å². The fourth-order valence-corrected chi connectivity index (χ4v) is 6.43. The number of aliphatic hydroxyl groups is 1. The van der Waals surface area contributed by atoms with Gasteiger partial charge >= 0.3 is 5.97 Å². The van der Waals surface area contributed by atoms with Gasteiger partial charge in [-0.2, -0.15) is 0 Å². The minimum absolute atomic E-state index is 0.0209. The Kier molecular flexibility index (Phi) is 10.1. The Balaban J connectivity index is 1.28. The molecule has 3 fully saturated rings. The Morgan fingerprint density at radius 2 is 1.74 bits per heavy atom. The summed E-state index contributed by atoms with van der Waals surface area (Å²) in [5.74, 6) is -0.441. The normalized spacial score (nSPS) is 34.7. The van der Waals surface area contributed by atoms with E-state index in [9.17, 15) is 9.90 Å². The number of ether oxygens (including phenoxy) is 6. The summed E-state index contributed by atoms with van der Waals surface area (Å²) in [6.45, 7) is 9.63. The van der Waals surface area contributed by atoms with Crippen LogP contribution in [-0.2, 0) is 46.4 Å². The third-order valence-corrected chi connectivity index (χ3v) is 8.61. The number of aliphatic hydroxyl groups excluding tert-OH is 1. The number of carbonyl (C=O) groups excluding carboxylic acids is 1.